The van der Waals surface area contributed by atoms with E-state index in [1.165, 1.54) is 21.6 Å². The number of pyridine rings is 2. The highest BCUT2D eigenvalue weighted by molar-refractivity contribution is 6.05. The third-order valence-electron chi connectivity index (χ3n) is 4.75. The minimum atomic E-state index is -1.15. The van der Waals surface area contributed by atoms with Gasteiger partial charge in [0.2, 0.25) is 0 Å². The van der Waals surface area contributed by atoms with Gasteiger partial charge in [0, 0.05) is 26.3 Å². The fraction of sp³-hybridized carbons (Fsp3) is 0.368. The summed E-state index contributed by atoms with van der Waals surface area (Å²) in [5.41, 5.74) is 0.439. The molecule has 2 aliphatic rings. The maximum absolute atomic E-state index is 12.9. The third kappa shape index (κ3) is 3.30. The molecule has 0 saturated carbocycles. The summed E-state index contributed by atoms with van der Waals surface area (Å²) in [6.07, 6.45) is 2.35. The van der Waals surface area contributed by atoms with Crippen molar-refractivity contribution in [3.63, 3.8) is 0 Å². The van der Waals surface area contributed by atoms with Crippen LogP contribution in [0.2, 0.25) is 0 Å². The third-order valence-corrected chi connectivity index (χ3v) is 4.75. The molecule has 28 heavy (non-hydrogen) atoms. The second kappa shape index (κ2) is 7.71. The van der Waals surface area contributed by atoms with Crippen molar-refractivity contribution in [1.82, 2.24) is 9.55 Å². The molecule has 1 fully saturated rings. The Morgan fingerprint density at radius 3 is 2.71 bits per heavy atom. The maximum atomic E-state index is 12.9. The Bertz CT molecular complexity index is 971. The van der Waals surface area contributed by atoms with Gasteiger partial charge in [-0.3, -0.25) is 9.69 Å². The minimum Gasteiger partial charge on any atom is -0.477 e. The van der Waals surface area contributed by atoms with Crippen LogP contribution in [0.4, 0.5) is 22.0 Å². The smallest absolute Gasteiger partial charge is 0.354 e. The number of carbonyl (C=O) groups is 2. The highest BCUT2D eigenvalue weighted by atomic mass is 16.4. The summed E-state index contributed by atoms with van der Waals surface area (Å²) < 4.78 is 1.37. The molecule has 9 nitrogen and oxygen atoms in total. The quantitative estimate of drug-likeness (QED) is 0.820. The number of hydrogen-bond donors (Lipinski definition) is 2. The van der Waals surface area contributed by atoms with Crippen LogP contribution in [0, 0.1) is 0 Å². The second-order valence-corrected chi connectivity index (χ2v) is 6.37. The van der Waals surface area contributed by atoms with E-state index in [0.29, 0.717) is 12.4 Å². The topological polar surface area (TPSA) is 108 Å². The van der Waals surface area contributed by atoms with Crippen molar-refractivity contribution < 1.29 is 14.7 Å². The number of carboxylic acids is 1. The van der Waals surface area contributed by atoms with E-state index in [4.69, 9.17) is 0 Å². The lowest BCUT2D eigenvalue weighted by Crippen LogP contribution is -2.49. The lowest BCUT2D eigenvalue weighted by Gasteiger charge is -2.35. The molecular weight excluding hydrogens is 362 g/mol. The van der Waals surface area contributed by atoms with Crippen molar-refractivity contribution in [2.24, 2.45) is 7.05 Å². The largest absolute Gasteiger partial charge is 0.477 e. The van der Waals surface area contributed by atoms with Crippen LogP contribution in [-0.2, 0) is 7.05 Å². The standard InChI is InChI=1S/C17H17N5O4.C2H6/c1-20-7-2-3-11(15(20)23)19-17(26)22-10-6-8-21(9-10)13-5-4-12(16(24)25)18-14(13)22;1-2/h2-5,7,10H,6,8-9H2,1H3,(H,19,26)(H,24,25);1-2H3. The summed E-state index contributed by atoms with van der Waals surface area (Å²) >= 11 is 0. The van der Waals surface area contributed by atoms with Gasteiger partial charge >= 0.3 is 12.0 Å². The number of amides is 2. The van der Waals surface area contributed by atoms with Crippen LogP contribution in [0.3, 0.4) is 0 Å². The number of hydrogen-bond acceptors (Lipinski definition) is 5. The summed E-state index contributed by atoms with van der Waals surface area (Å²) in [6, 6.07) is 5.70. The minimum absolute atomic E-state index is 0.119. The van der Waals surface area contributed by atoms with E-state index in [9.17, 15) is 19.5 Å². The first-order valence-corrected chi connectivity index (χ1v) is 9.21. The van der Waals surface area contributed by atoms with Crippen LogP contribution in [0.25, 0.3) is 0 Å². The summed E-state index contributed by atoms with van der Waals surface area (Å²) in [7, 11) is 1.60. The van der Waals surface area contributed by atoms with E-state index >= 15 is 0 Å². The Morgan fingerprint density at radius 1 is 1.25 bits per heavy atom. The molecule has 0 aromatic carbocycles. The molecule has 148 valence electrons. The highest BCUT2D eigenvalue weighted by Crippen LogP contribution is 2.39. The van der Waals surface area contributed by atoms with Gasteiger partial charge in [0.1, 0.15) is 5.69 Å². The van der Waals surface area contributed by atoms with Gasteiger partial charge in [-0.25, -0.2) is 14.6 Å². The van der Waals surface area contributed by atoms with E-state index in [1.807, 2.05) is 13.8 Å². The molecule has 2 aromatic heterocycles. The fourth-order valence-corrected chi connectivity index (χ4v) is 3.46. The van der Waals surface area contributed by atoms with Crippen LogP contribution in [-0.4, -0.2) is 45.8 Å². The number of anilines is 3. The molecule has 2 N–H and O–H groups in total. The number of nitrogens with zero attached hydrogens (tertiary/aromatic N) is 4. The summed E-state index contributed by atoms with van der Waals surface area (Å²) in [6.45, 7) is 5.42. The van der Waals surface area contributed by atoms with Crippen molar-refractivity contribution in [3.05, 3.63) is 46.5 Å². The average Bonchev–Trinajstić information content (AvgIpc) is 3.11. The lowest BCUT2D eigenvalue weighted by molar-refractivity contribution is 0.0690. The molecule has 9 heteroatoms. The summed E-state index contributed by atoms with van der Waals surface area (Å²) in [4.78, 5) is 44.1. The highest BCUT2D eigenvalue weighted by Gasteiger charge is 2.40. The number of fused-ring (bicyclic) bond motifs is 4. The van der Waals surface area contributed by atoms with Gasteiger partial charge in [-0.1, -0.05) is 13.8 Å². The van der Waals surface area contributed by atoms with Crippen molar-refractivity contribution in [2.45, 2.75) is 26.3 Å². The van der Waals surface area contributed by atoms with Crippen molar-refractivity contribution in [3.8, 4) is 0 Å². The van der Waals surface area contributed by atoms with Gasteiger partial charge in [0.05, 0.1) is 11.7 Å². The normalized spacial score (nSPS) is 16.8. The molecule has 4 heterocycles. The number of urea groups is 1. The van der Waals surface area contributed by atoms with E-state index in [2.05, 4.69) is 15.2 Å². The Kier molecular flexibility index (Phi) is 5.34. The Morgan fingerprint density at radius 2 is 2.00 bits per heavy atom. The van der Waals surface area contributed by atoms with Crippen LogP contribution in [0.1, 0.15) is 30.8 Å². The first kappa shape index (κ1) is 19.4. The second-order valence-electron chi connectivity index (χ2n) is 6.37. The zero-order valence-electron chi connectivity index (χ0n) is 16.0. The van der Waals surface area contributed by atoms with Crippen molar-refractivity contribution >= 4 is 29.2 Å². The zero-order chi connectivity index (χ0) is 20.4. The molecule has 0 radical (unpaired) electrons. The van der Waals surface area contributed by atoms with Gasteiger partial charge in [-0.15, -0.1) is 0 Å². The average molecular weight is 385 g/mol. The van der Waals surface area contributed by atoms with Gasteiger partial charge in [0.15, 0.2) is 11.5 Å². The summed E-state index contributed by atoms with van der Waals surface area (Å²) in [5.74, 6) is -0.845. The van der Waals surface area contributed by atoms with E-state index in [0.717, 1.165) is 18.7 Å². The first-order valence-electron chi connectivity index (χ1n) is 9.21. The predicted molar refractivity (Wildman–Crippen MR) is 106 cm³/mol. The van der Waals surface area contributed by atoms with Gasteiger partial charge in [0.25, 0.3) is 5.56 Å². The van der Waals surface area contributed by atoms with Gasteiger partial charge in [-0.2, -0.15) is 0 Å². The van der Waals surface area contributed by atoms with E-state index in [-0.39, 0.29) is 23.0 Å². The van der Waals surface area contributed by atoms with Gasteiger partial charge in [-0.05, 0) is 30.7 Å². The fourth-order valence-electron chi connectivity index (χ4n) is 3.46. The number of nitrogens with one attached hydrogen (secondary N) is 1. The van der Waals surface area contributed by atoms with Crippen molar-refractivity contribution in [1.29, 1.82) is 0 Å². The predicted octanol–water partition coefficient (Wildman–Crippen LogP) is 2.14. The Hall–Kier alpha value is -3.36. The summed E-state index contributed by atoms with van der Waals surface area (Å²) in [5, 5.41) is 11.9. The Labute approximate surface area is 162 Å². The molecule has 1 atom stereocenters. The Balaban J connectivity index is 0.00000109. The SMILES string of the molecule is CC.Cn1cccc(NC(=O)N2c3nc(C(=O)O)ccc3N3CCC2C3)c1=O. The monoisotopic (exact) mass is 385 g/mol. The number of carboxylic acid groups (broad SMARTS) is 1. The molecular formula is C19H23N5O4. The molecule has 0 aliphatic carbocycles. The van der Waals surface area contributed by atoms with E-state index < -0.39 is 12.0 Å². The number of aromatic carboxylic acids is 1. The molecule has 0 spiro atoms. The van der Waals surface area contributed by atoms with Gasteiger partial charge < -0.3 is 19.9 Å². The molecule has 2 aliphatic heterocycles. The molecule has 1 saturated heterocycles. The molecule has 1 unspecified atom stereocenters. The number of carbonyl (C=O) groups excluding carboxylic acids is 1. The van der Waals surface area contributed by atoms with Crippen molar-refractivity contribution in [2.75, 3.05) is 28.2 Å². The molecule has 2 bridgehead atoms. The molecule has 2 aromatic rings. The number of aryl methyl sites for hydroxylation is 1. The van der Waals surface area contributed by atoms with Crippen LogP contribution < -0.4 is 20.7 Å². The zero-order valence-corrected chi connectivity index (χ0v) is 16.0. The molecule has 2 amide bonds. The number of rotatable bonds is 2. The van der Waals surface area contributed by atoms with Crippen LogP contribution in [0.15, 0.2) is 35.3 Å². The first-order chi connectivity index (χ1) is 13.5. The maximum Gasteiger partial charge on any atom is 0.354 e. The van der Waals surface area contributed by atoms with Crippen LogP contribution in [0.5, 0.6) is 0 Å². The number of aromatic nitrogens is 2. The van der Waals surface area contributed by atoms with E-state index in [1.54, 1.807) is 25.4 Å². The lowest BCUT2D eigenvalue weighted by atomic mass is 10.2. The van der Waals surface area contributed by atoms with Crippen LogP contribution >= 0.6 is 0 Å². The molecule has 4 rings (SSSR count).